The molecule has 3 rings (SSSR count). The predicted molar refractivity (Wildman–Crippen MR) is 89.9 cm³/mol. The highest BCUT2D eigenvalue weighted by atomic mass is 19.1. The fourth-order valence-electron chi connectivity index (χ4n) is 3.91. The third-order valence-corrected chi connectivity index (χ3v) is 5.17. The maximum Gasteiger partial charge on any atom is 0.237 e. The Morgan fingerprint density at radius 2 is 2.08 bits per heavy atom. The van der Waals surface area contributed by atoms with E-state index in [1.165, 1.54) is 10.5 Å². The summed E-state index contributed by atoms with van der Waals surface area (Å²) in [5, 5.41) is 12.3. The lowest BCUT2D eigenvalue weighted by molar-refractivity contribution is -0.130. The minimum Gasteiger partial charge on any atom is -0.323 e. The van der Waals surface area contributed by atoms with Crippen LogP contribution in [0.15, 0.2) is 30.3 Å². The number of rotatable bonds is 5. The van der Waals surface area contributed by atoms with Gasteiger partial charge in [-0.15, -0.1) is 0 Å². The van der Waals surface area contributed by atoms with Crippen LogP contribution in [0.1, 0.15) is 31.2 Å². The lowest BCUT2D eigenvalue weighted by atomic mass is 9.98. The number of nitrogens with one attached hydrogen (secondary N) is 1. The van der Waals surface area contributed by atoms with Crippen molar-refractivity contribution in [2.45, 2.75) is 50.4 Å². The first kappa shape index (κ1) is 16.9. The summed E-state index contributed by atoms with van der Waals surface area (Å²) in [4.78, 5) is 13.6. The molecule has 1 N–H and O–H groups in total. The summed E-state index contributed by atoms with van der Waals surface area (Å²) in [6.45, 7) is 0.258. The monoisotopic (exact) mass is 329 g/mol. The van der Waals surface area contributed by atoms with E-state index in [2.05, 4.69) is 29.6 Å². The van der Waals surface area contributed by atoms with Gasteiger partial charge in [0.05, 0.1) is 19.2 Å². The molecule has 0 aromatic heterocycles. The normalized spacial score (nSPS) is 29.6. The number of amides is 1. The first-order valence-corrected chi connectivity index (χ1v) is 8.76. The standard InChI is InChI=1S/C19H24FN3O/c20-16-10-18(11-21)23(13-16)19(24)12-22-17-7-6-15(9-17)8-14-4-2-1-3-5-14/h1-5,15-18,22H,6-10,12-13H2/t15?,16-,17?,18-/m0/s1. The molecule has 1 aromatic rings. The van der Waals surface area contributed by atoms with E-state index >= 15 is 0 Å². The molecule has 1 aliphatic heterocycles. The summed E-state index contributed by atoms with van der Waals surface area (Å²) < 4.78 is 13.4. The highest BCUT2D eigenvalue weighted by molar-refractivity contribution is 5.79. The third-order valence-electron chi connectivity index (χ3n) is 5.17. The number of hydrogen-bond donors (Lipinski definition) is 1. The molecule has 1 saturated heterocycles. The van der Waals surface area contributed by atoms with E-state index in [0.717, 1.165) is 25.7 Å². The molecule has 2 aliphatic rings. The van der Waals surface area contributed by atoms with Crippen LogP contribution in [0.3, 0.4) is 0 Å². The summed E-state index contributed by atoms with van der Waals surface area (Å²) in [6.07, 6.45) is 3.45. The van der Waals surface area contributed by atoms with Crippen molar-refractivity contribution >= 4 is 5.91 Å². The SMILES string of the molecule is N#C[C@@H]1C[C@H](F)CN1C(=O)CNC1CCC(Cc2ccccc2)C1. The van der Waals surface area contributed by atoms with Crippen LogP contribution < -0.4 is 5.32 Å². The Bertz CT molecular complexity index is 600. The van der Waals surface area contributed by atoms with Crippen LogP contribution in [0.2, 0.25) is 0 Å². The van der Waals surface area contributed by atoms with Crippen molar-refractivity contribution in [2.75, 3.05) is 13.1 Å². The van der Waals surface area contributed by atoms with Crippen molar-refractivity contribution in [2.24, 2.45) is 5.92 Å². The molecule has 5 heteroatoms. The molecule has 24 heavy (non-hydrogen) atoms. The molecule has 1 aliphatic carbocycles. The molecule has 128 valence electrons. The first-order valence-electron chi connectivity index (χ1n) is 8.76. The summed E-state index contributed by atoms with van der Waals surface area (Å²) in [5.74, 6) is 0.488. The number of halogens is 1. The third kappa shape index (κ3) is 4.12. The molecule has 2 fully saturated rings. The zero-order valence-corrected chi connectivity index (χ0v) is 13.8. The zero-order valence-electron chi connectivity index (χ0n) is 13.8. The lowest BCUT2D eigenvalue weighted by Gasteiger charge is -2.21. The van der Waals surface area contributed by atoms with Gasteiger partial charge in [0, 0.05) is 12.5 Å². The Balaban J connectivity index is 1.43. The van der Waals surface area contributed by atoms with Crippen molar-refractivity contribution in [3.05, 3.63) is 35.9 Å². The number of nitriles is 1. The Kier molecular flexibility index (Phi) is 5.47. The summed E-state index contributed by atoms with van der Waals surface area (Å²) >= 11 is 0. The number of carbonyl (C=O) groups is 1. The van der Waals surface area contributed by atoms with E-state index in [0.29, 0.717) is 12.0 Å². The fourth-order valence-corrected chi connectivity index (χ4v) is 3.91. The molecule has 1 aromatic carbocycles. The van der Waals surface area contributed by atoms with Crippen LogP contribution in [-0.4, -0.2) is 42.2 Å². The molecular weight excluding hydrogens is 305 g/mol. The van der Waals surface area contributed by atoms with Crippen LogP contribution in [-0.2, 0) is 11.2 Å². The number of alkyl halides is 1. The van der Waals surface area contributed by atoms with Gasteiger partial charge in [-0.1, -0.05) is 30.3 Å². The Morgan fingerprint density at radius 3 is 2.83 bits per heavy atom. The van der Waals surface area contributed by atoms with Gasteiger partial charge in [0.25, 0.3) is 0 Å². The van der Waals surface area contributed by atoms with Gasteiger partial charge in [0.15, 0.2) is 0 Å². The molecule has 0 spiro atoms. The van der Waals surface area contributed by atoms with E-state index in [-0.39, 0.29) is 25.4 Å². The molecule has 2 unspecified atom stereocenters. The van der Waals surface area contributed by atoms with E-state index < -0.39 is 12.2 Å². The summed E-state index contributed by atoms with van der Waals surface area (Å²) in [6, 6.07) is 12.2. The van der Waals surface area contributed by atoms with Crippen LogP contribution >= 0.6 is 0 Å². The smallest absolute Gasteiger partial charge is 0.237 e. The molecule has 0 radical (unpaired) electrons. The minimum atomic E-state index is -1.07. The van der Waals surface area contributed by atoms with Crippen molar-refractivity contribution in [1.82, 2.24) is 10.2 Å². The van der Waals surface area contributed by atoms with Crippen molar-refractivity contribution in [3.63, 3.8) is 0 Å². The zero-order chi connectivity index (χ0) is 16.9. The molecule has 0 bridgehead atoms. The highest BCUT2D eigenvalue weighted by Crippen LogP contribution is 2.28. The average Bonchev–Trinajstić information content (AvgIpc) is 3.19. The molecule has 1 heterocycles. The van der Waals surface area contributed by atoms with Gasteiger partial charge in [-0.2, -0.15) is 5.26 Å². The Hall–Kier alpha value is -1.93. The van der Waals surface area contributed by atoms with Crippen LogP contribution in [0, 0.1) is 17.2 Å². The van der Waals surface area contributed by atoms with Gasteiger partial charge in [0.1, 0.15) is 12.2 Å². The Labute approximate surface area is 142 Å². The quantitative estimate of drug-likeness (QED) is 0.903. The van der Waals surface area contributed by atoms with Crippen molar-refractivity contribution in [3.8, 4) is 6.07 Å². The maximum atomic E-state index is 13.4. The van der Waals surface area contributed by atoms with Gasteiger partial charge >= 0.3 is 0 Å². The molecule has 4 nitrogen and oxygen atoms in total. The van der Waals surface area contributed by atoms with Gasteiger partial charge in [-0.05, 0) is 37.2 Å². The first-order chi connectivity index (χ1) is 11.7. The second-order valence-corrected chi connectivity index (χ2v) is 6.97. The van der Waals surface area contributed by atoms with Crippen LogP contribution in [0.4, 0.5) is 4.39 Å². The van der Waals surface area contributed by atoms with Gasteiger partial charge in [-0.25, -0.2) is 4.39 Å². The topological polar surface area (TPSA) is 56.1 Å². The predicted octanol–water partition coefficient (Wildman–Crippen LogP) is 2.45. The van der Waals surface area contributed by atoms with E-state index in [1.54, 1.807) is 0 Å². The number of likely N-dealkylation sites (tertiary alicyclic amines) is 1. The molecular formula is C19H24FN3O. The van der Waals surface area contributed by atoms with Crippen molar-refractivity contribution in [1.29, 1.82) is 5.26 Å². The fraction of sp³-hybridized carbons (Fsp3) is 0.579. The second-order valence-electron chi connectivity index (χ2n) is 6.97. The highest BCUT2D eigenvalue weighted by Gasteiger charge is 2.35. The van der Waals surface area contributed by atoms with Crippen LogP contribution in [0.25, 0.3) is 0 Å². The average molecular weight is 329 g/mol. The number of carbonyl (C=O) groups excluding carboxylic acids is 1. The summed E-state index contributed by atoms with van der Waals surface area (Å²) in [5.41, 5.74) is 1.36. The Morgan fingerprint density at radius 1 is 1.29 bits per heavy atom. The van der Waals surface area contributed by atoms with Gasteiger partial charge in [0.2, 0.25) is 5.91 Å². The molecule has 1 saturated carbocycles. The molecule has 4 atom stereocenters. The number of hydrogen-bond acceptors (Lipinski definition) is 3. The second kappa shape index (κ2) is 7.76. The lowest BCUT2D eigenvalue weighted by Crippen LogP contribution is -2.43. The van der Waals surface area contributed by atoms with Crippen molar-refractivity contribution < 1.29 is 9.18 Å². The largest absolute Gasteiger partial charge is 0.323 e. The molecule has 1 amide bonds. The van der Waals surface area contributed by atoms with Gasteiger partial charge in [-0.3, -0.25) is 4.79 Å². The maximum absolute atomic E-state index is 13.4. The minimum absolute atomic E-state index is 0.0556. The van der Waals surface area contributed by atoms with E-state index in [9.17, 15) is 9.18 Å². The van der Waals surface area contributed by atoms with E-state index in [1.807, 2.05) is 12.1 Å². The number of benzene rings is 1. The van der Waals surface area contributed by atoms with Gasteiger partial charge < -0.3 is 10.2 Å². The number of nitrogens with zero attached hydrogens (tertiary/aromatic N) is 2. The van der Waals surface area contributed by atoms with Crippen LogP contribution in [0.5, 0.6) is 0 Å². The van der Waals surface area contributed by atoms with E-state index in [4.69, 9.17) is 5.26 Å². The summed E-state index contributed by atoms with van der Waals surface area (Å²) in [7, 11) is 0.